The molecule has 3 nitrogen and oxygen atoms in total. The van der Waals surface area contributed by atoms with Gasteiger partial charge < -0.3 is 10.1 Å². The molecule has 1 amide bonds. The van der Waals surface area contributed by atoms with Crippen LogP contribution in [-0.4, -0.2) is 13.0 Å². The quantitative estimate of drug-likeness (QED) is 0.852. The largest absolute Gasteiger partial charge is 0.494 e. The second kappa shape index (κ2) is 5.22. The van der Waals surface area contributed by atoms with Crippen LogP contribution in [-0.2, 0) is 4.79 Å². The number of hydrogen-bond acceptors (Lipinski definition) is 2. The SMILES string of the molecule is COc1ccc(/C=C2/C(=O)Nc3ccc(Cl)cc32)cc1F. The molecule has 1 aliphatic rings. The summed E-state index contributed by atoms with van der Waals surface area (Å²) in [5, 5.41) is 3.29. The molecular formula is C16H11ClFNO2. The Morgan fingerprint density at radius 2 is 2.05 bits per heavy atom. The van der Waals surface area contributed by atoms with Crippen LogP contribution in [0, 0.1) is 5.82 Å². The number of hydrogen-bond donors (Lipinski definition) is 1. The van der Waals surface area contributed by atoms with Crippen molar-refractivity contribution in [3.8, 4) is 5.75 Å². The van der Waals surface area contributed by atoms with Crippen LogP contribution in [0.25, 0.3) is 11.6 Å². The average Bonchev–Trinajstić information content (AvgIpc) is 2.75. The number of anilines is 1. The maximum atomic E-state index is 13.7. The summed E-state index contributed by atoms with van der Waals surface area (Å²) < 4.78 is 18.6. The highest BCUT2D eigenvalue weighted by Gasteiger charge is 2.24. The molecule has 0 unspecified atom stereocenters. The van der Waals surface area contributed by atoms with E-state index >= 15 is 0 Å². The Hall–Kier alpha value is -2.33. The molecular weight excluding hydrogens is 293 g/mol. The predicted molar refractivity (Wildman–Crippen MR) is 80.9 cm³/mol. The van der Waals surface area contributed by atoms with Crippen molar-refractivity contribution in [3.05, 3.63) is 58.4 Å². The van der Waals surface area contributed by atoms with Crippen molar-refractivity contribution in [2.24, 2.45) is 0 Å². The number of carbonyl (C=O) groups excluding carboxylic acids is 1. The fraction of sp³-hybridized carbons (Fsp3) is 0.0625. The van der Waals surface area contributed by atoms with Gasteiger partial charge in [0, 0.05) is 21.8 Å². The third-order valence-corrected chi connectivity index (χ3v) is 3.49. The lowest BCUT2D eigenvalue weighted by molar-refractivity contribution is -0.110. The highest BCUT2D eigenvalue weighted by atomic mass is 35.5. The number of benzene rings is 2. The average molecular weight is 304 g/mol. The molecule has 0 fully saturated rings. The number of carbonyl (C=O) groups is 1. The van der Waals surface area contributed by atoms with Gasteiger partial charge in [-0.2, -0.15) is 0 Å². The lowest BCUT2D eigenvalue weighted by atomic mass is 10.0. The van der Waals surface area contributed by atoms with Crippen molar-refractivity contribution < 1.29 is 13.9 Å². The lowest BCUT2D eigenvalue weighted by Gasteiger charge is -2.03. The van der Waals surface area contributed by atoms with Crippen molar-refractivity contribution in [2.75, 3.05) is 12.4 Å². The van der Waals surface area contributed by atoms with E-state index < -0.39 is 5.82 Å². The molecule has 1 N–H and O–H groups in total. The molecule has 0 spiro atoms. The Balaban J connectivity index is 2.06. The molecule has 2 aromatic rings. The summed E-state index contributed by atoms with van der Waals surface area (Å²) in [7, 11) is 1.40. The van der Waals surface area contributed by atoms with E-state index in [1.54, 1.807) is 30.3 Å². The Morgan fingerprint density at radius 1 is 1.24 bits per heavy atom. The Kier molecular flexibility index (Phi) is 3.39. The molecule has 0 bridgehead atoms. The molecule has 5 heteroatoms. The molecule has 0 saturated heterocycles. The minimum absolute atomic E-state index is 0.163. The summed E-state index contributed by atoms with van der Waals surface area (Å²) in [4.78, 5) is 12.0. The summed E-state index contributed by atoms with van der Waals surface area (Å²) in [6, 6.07) is 9.68. The second-order valence-corrected chi connectivity index (χ2v) is 5.03. The molecule has 2 aromatic carbocycles. The van der Waals surface area contributed by atoms with E-state index in [9.17, 15) is 9.18 Å². The maximum absolute atomic E-state index is 13.7. The first-order valence-corrected chi connectivity index (χ1v) is 6.63. The maximum Gasteiger partial charge on any atom is 0.256 e. The summed E-state index contributed by atoms with van der Waals surface area (Å²) in [5.41, 5.74) is 2.44. The van der Waals surface area contributed by atoms with Crippen LogP contribution < -0.4 is 10.1 Å². The summed E-state index contributed by atoms with van der Waals surface area (Å²) in [5.74, 6) is -0.545. The molecule has 1 heterocycles. The first-order valence-electron chi connectivity index (χ1n) is 6.25. The third-order valence-electron chi connectivity index (χ3n) is 3.25. The van der Waals surface area contributed by atoms with Crippen LogP contribution >= 0.6 is 11.6 Å². The van der Waals surface area contributed by atoms with Crippen LogP contribution in [0.4, 0.5) is 10.1 Å². The van der Waals surface area contributed by atoms with E-state index in [2.05, 4.69) is 5.32 Å². The third kappa shape index (κ3) is 2.50. The van der Waals surface area contributed by atoms with E-state index in [-0.39, 0.29) is 11.7 Å². The molecule has 0 saturated carbocycles. The number of methoxy groups -OCH3 is 1. The Labute approximate surface area is 126 Å². The molecule has 1 aliphatic heterocycles. The van der Waals surface area contributed by atoms with Crippen molar-refractivity contribution in [1.82, 2.24) is 0 Å². The van der Waals surface area contributed by atoms with Crippen LogP contribution in [0.15, 0.2) is 36.4 Å². The lowest BCUT2D eigenvalue weighted by Crippen LogP contribution is -2.03. The van der Waals surface area contributed by atoms with Gasteiger partial charge in [0.25, 0.3) is 5.91 Å². The summed E-state index contributed by atoms with van der Waals surface area (Å²) in [6.07, 6.45) is 1.63. The number of amides is 1. The van der Waals surface area contributed by atoms with Gasteiger partial charge in [-0.05, 0) is 42.0 Å². The van der Waals surface area contributed by atoms with Crippen LogP contribution in [0.2, 0.25) is 5.02 Å². The first kappa shape index (κ1) is 13.6. The van der Waals surface area contributed by atoms with E-state index in [1.807, 2.05) is 0 Å². The summed E-state index contributed by atoms with van der Waals surface area (Å²) >= 11 is 5.96. The zero-order valence-corrected chi connectivity index (χ0v) is 11.9. The summed E-state index contributed by atoms with van der Waals surface area (Å²) in [6.45, 7) is 0. The van der Waals surface area contributed by atoms with Gasteiger partial charge in [-0.3, -0.25) is 4.79 Å². The molecule has 106 valence electrons. The number of ether oxygens (including phenoxy) is 1. The zero-order chi connectivity index (χ0) is 15.0. The smallest absolute Gasteiger partial charge is 0.256 e. The van der Waals surface area contributed by atoms with Crippen molar-refractivity contribution >= 4 is 34.8 Å². The van der Waals surface area contributed by atoms with Gasteiger partial charge in [0.1, 0.15) is 0 Å². The number of nitrogens with one attached hydrogen (secondary N) is 1. The first-order chi connectivity index (χ1) is 10.1. The molecule has 21 heavy (non-hydrogen) atoms. The van der Waals surface area contributed by atoms with Gasteiger partial charge in [0.15, 0.2) is 11.6 Å². The Bertz CT molecular complexity index is 771. The van der Waals surface area contributed by atoms with Crippen LogP contribution in [0.1, 0.15) is 11.1 Å². The molecule has 0 atom stereocenters. The minimum atomic E-state index is -0.475. The van der Waals surface area contributed by atoms with Crippen molar-refractivity contribution in [2.45, 2.75) is 0 Å². The topological polar surface area (TPSA) is 38.3 Å². The van der Waals surface area contributed by atoms with Gasteiger partial charge in [-0.1, -0.05) is 17.7 Å². The van der Waals surface area contributed by atoms with Gasteiger partial charge in [-0.15, -0.1) is 0 Å². The minimum Gasteiger partial charge on any atom is -0.494 e. The second-order valence-electron chi connectivity index (χ2n) is 4.60. The van der Waals surface area contributed by atoms with Crippen molar-refractivity contribution in [1.29, 1.82) is 0 Å². The number of rotatable bonds is 2. The zero-order valence-electron chi connectivity index (χ0n) is 11.1. The normalized spacial score (nSPS) is 15.0. The van der Waals surface area contributed by atoms with E-state index in [0.717, 1.165) is 0 Å². The van der Waals surface area contributed by atoms with E-state index in [4.69, 9.17) is 16.3 Å². The van der Waals surface area contributed by atoms with Crippen molar-refractivity contribution in [3.63, 3.8) is 0 Å². The fourth-order valence-electron chi connectivity index (χ4n) is 2.24. The van der Waals surface area contributed by atoms with E-state index in [1.165, 1.54) is 19.2 Å². The highest BCUT2D eigenvalue weighted by molar-refractivity contribution is 6.36. The highest BCUT2D eigenvalue weighted by Crippen LogP contribution is 2.35. The van der Waals surface area contributed by atoms with Gasteiger partial charge >= 0.3 is 0 Å². The van der Waals surface area contributed by atoms with Gasteiger partial charge in [0.2, 0.25) is 0 Å². The standard InChI is InChI=1S/C16H11ClFNO2/c1-21-15-5-2-9(7-13(15)18)6-12-11-8-10(17)3-4-14(11)19-16(12)20/h2-8H,1H3,(H,19,20)/b12-6+. The number of fused-ring (bicyclic) bond motifs is 1. The predicted octanol–water partition coefficient (Wildman–Crippen LogP) is 3.98. The number of halogens is 2. The van der Waals surface area contributed by atoms with Crippen LogP contribution in [0.3, 0.4) is 0 Å². The van der Waals surface area contributed by atoms with Gasteiger partial charge in [0.05, 0.1) is 7.11 Å². The molecule has 3 rings (SSSR count). The fourth-order valence-corrected chi connectivity index (χ4v) is 2.41. The Morgan fingerprint density at radius 3 is 2.76 bits per heavy atom. The van der Waals surface area contributed by atoms with E-state index in [0.29, 0.717) is 27.4 Å². The van der Waals surface area contributed by atoms with Crippen LogP contribution in [0.5, 0.6) is 5.75 Å². The molecule has 0 aliphatic carbocycles. The molecule has 0 aromatic heterocycles. The van der Waals surface area contributed by atoms with Gasteiger partial charge in [-0.25, -0.2) is 4.39 Å². The molecule has 0 radical (unpaired) electrons. The monoisotopic (exact) mass is 303 g/mol.